The second-order valence-electron chi connectivity index (χ2n) is 6.10. The van der Waals surface area contributed by atoms with Crippen LogP contribution in [0.3, 0.4) is 0 Å². The third kappa shape index (κ3) is 5.53. The number of carbonyl (C=O) groups excluding carboxylic acids is 2. The fraction of sp³-hybridized carbons (Fsp3) is 0.421. The Hall–Kier alpha value is -2.46. The number of likely N-dealkylation sites (tertiary alicyclic amines) is 1. The van der Waals surface area contributed by atoms with Crippen molar-refractivity contribution >= 4 is 29.3 Å². The van der Waals surface area contributed by atoms with Crippen molar-refractivity contribution in [1.82, 2.24) is 4.90 Å². The molecule has 0 aliphatic carbocycles. The minimum atomic E-state index is -0.502. The third-order valence-corrected chi connectivity index (χ3v) is 5.20. The Labute approximate surface area is 158 Å². The van der Waals surface area contributed by atoms with E-state index in [1.165, 1.54) is 5.56 Å². The van der Waals surface area contributed by atoms with E-state index in [9.17, 15) is 14.9 Å². The number of primary amides is 1. The number of aryl methyl sites for hydroxylation is 1. The molecule has 0 unspecified atom stereocenters. The molecule has 0 saturated carbocycles. The summed E-state index contributed by atoms with van der Waals surface area (Å²) in [6.45, 7) is 3.38. The lowest BCUT2D eigenvalue weighted by Gasteiger charge is -2.27. The summed E-state index contributed by atoms with van der Waals surface area (Å²) in [6.07, 6.45) is 3.91. The molecule has 138 valence electrons. The van der Waals surface area contributed by atoms with Gasteiger partial charge in [0.2, 0.25) is 5.91 Å². The highest BCUT2D eigenvalue weighted by Crippen LogP contribution is 2.25. The molecule has 2 rings (SSSR count). The molecule has 3 N–H and O–H groups in total. The molecule has 1 fully saturated rings. The minimum Gasteiger partial charge on any atom is -0.369 e. The Morgan fingerprint density at radius 3 is 2.42 bits per heavy atom. The molecule has 1 aliphatic rings. The van der Waals surface area contributed by atoms with Crippen LogP contribution in [0.25, 0.3) is 0 Å². The maximum Gasteiger partial charge on any atom is 0.267 e. The molecule has 0 aromatic heterocycles. The molecule has 1 aromatic rings. The minimum absolute atomic E-state index is 0.00611. The normalized spacial score (nSPS) is 15.0. The van der Waals surface area contributed by atoms with E-state index in [0.717, 1.165) is 43.1 Å². The monoisotopic (exact) mass is 372 g/mol. The molecule has 1 aromatic carbocycles. The van der Waals surface area contributed by atoms with Gasteiger partial charge in [0, 0.05) is 18.8 Å². The highest BCUT2D eigenvalue weighted by Gasteiger charge is 2.24. The van der Waals surface area contributed by atoms with Crippen molar-refractivity contribution in [1.29, 1.82) is 5.26 Å². The Morgan fingerprint density at radius 1 is 1.23 bits per heavy atom. The third-order valence-electron chi connectivity index (χ3n) is 4.17. The average molecular weight is 372 g/mol. The summed E-state index contributed by atoms with van der Waals surface area (Å²) in [5.74, 6) is -0.802. The number of benzene rings is 1. The standard InChI is InChI=1S/C19H24N4O2S/c1-2-14-6-8-15(9-7-14)22-18(26-13-17(21)24)16(12-20)19(25)23-10-4-3-5-11-23/h6-9,22H,2-5,10-11,13H2,1H3,(H2,21,24)/b18-16-. The summed E-state index contributed by atoms with van der Waals surface area (Å²) in [5.41, 5.74) is 7.22. The van der Waals surface area contributed by atoms with E-state index in [2.05, 4.69) is 12.2 Å². The molecule has 6 nitrogen and oxygen atoms in total. The summed E-state index contributed by atoms with van der Waals surface area (Å²) in [5, 5.41) is 13.1. The van der Waals surface area contributed by atoms with Crippen molar-refractivity contribution in [2.24, 2.45) is 5.73 Å². The van der Waals surface area contributed by atoms with Crippen molar-refractivity contribution in [3.05, 3.63) is 40.4 Å². The molecule has 1 saturated heterocycles. The zero-order valence-electron chi connectivity index (χ0n) is 15.0. The molecule has 2 amide bonds. The van der Waals surface area contributed by atoms with Gasteiger partial charge in [0.25, 0.3) is 5.91 Å². The fourth-order valence-electron chi connectivity index (χ4n) is 2.72. The van der Waals surface area contributed by atoms with E-state index in [4.69, 9.17) is 5.73 Å². The van der Waals surface area contributed by atoms with Crippen molar-refractivity contribution in [2.75, 3.05) is 24.2 Å². The molecular formula is C19H24N4O2S. The van der Waals surface area contributed by atoms with Gasteiger partial charge in [-0.25, -0.2) is 0 Å². The SMILES string of the molecule is CCc1ccc(N/C(SCC(N)=O)=C(\C#N)C(=O)N2CCCCC2)cc1. The number of nitriles is 1. The Balaban J connectivity index is 2.28. The molecule has 26 heavy (non-hydrogen) atoms. The highest BCUT2D eigenvalue weighted by molar-refractivity contribution is 8.03. The van der Waals surface area contributed by atoms with Gasteiger partial charge < -0.3 is 16.0 Å². The van der Waals surface area contributed by atoms with Crippen LogP contribution in [0.2, 0.25) is 0 Å². The molecule has 0 spiro atoms. The van der Waals surface area contributed by atoms with Crippen molar-refractivity contribution in [3.63, 3.8) is 0 Å². The number of hydrogen-bond acceptors (Lipinski definition) is 5. The lowest BCUT2D eigenvalue weighted by molar-refractivity contribution is -0.127. The molecule has 7 heteroatoms. The van der Waals surface area contributed by atoms with Crippen LogP contribution in [0.4, 0.5) is 5.69 Å². The summed E-state index contributed by atoms with van der Waals surface area (Å²) >= 11 is 1.08. The van der Waals surface area contributed by atoms with E-state index < -0.39 is 5.91 Å². The largest absolute Gasteiger partial charge is 0.369 e. The number of nitrogens with one attached hydrogen (secondary N) is 1. The number of anilines is 1. The number of hydrogen-bond donors (Lipinski definition) is 2. The first-order chi connectivity index (χ1) is 12.5. The van der Waals surface area contributed by atoms with Gasteiger partial charge in [0.1, 0.15) is 11.6 Å². The van der Waals surface area contributed by atoms with Crippen LogP contribution >= 0.6 is 11.8 Å². The van der Waals surface area contributed by atoms with Gasteiger partial charge in [-0.2, -0.15) is 5.26 Å². The van der Waals surface area contributed by atoms with Crippen LogP contribution in [0, 0.1) is 11.3 Å². The van der Waals surface area contributed by atoms with Crippen LogP contribution < -0.4 is 11.1 Å². The van der Waals surface area contributed by atoms with E-state index in [1.54, 1.807) is 4.90 Å². The molecule has 0 atom stereocenters. The summed E-state index contributed by atoms with van der Waals surface area (Å²) in [6, 6.07) is 9.77. The summed E-state index contributed by atoms with van der Waals surface area (Å²) < 4.78 is 0. The predicted molar refractivity (Wildman–Crippen MR) is 104 cm³/mol. The van der Waals surface area contributed by atoms with Crippen LogP contribution in [0.5, 0.6) is 0 Å². The molecule has 1 aliphatic heterocycles. The number of carbonyl (C=O) groups is 2. The van der Waals surface area contributed by atoms with E-state index >= 15 is 0 Å². The van der Waals surface area contributed by atoms with Gasteiger partial charge in [-0.15, -0.1) is 0 Å². The van der Waals surface area contributed by atoms with Gasteiger partial charge in [-0.05, 0) is 43.4 Å². The zero-order chi connectivity index (χ0) is 18.9. The second kappa shape index (κ2) is 9.88. The number of nitrogens with zero attached hydrogens (tertiary/aromatic N) is 2. The second-order valence-corrected chi connectivity index (χ2v) is 7.08. The molecule has 0 radical (unpaired) electrons. The van der Waals surface area contributed by atoms with Gasteiger partial charge in [-0.3, -0.25) is 9.59 Å². The lowest BCUT2D eigenvalue weighted by Crippen LogP contribution is -2.37. The van der Waals surface area contributed by atoms with Crippen molar-refractivity contribution in [3.8, 4) is 6.07 Å². The Bertz CT molecular complexity index is 716. The average Bonchev–Trinajstić information content (AvgIpc) is 2.67. The first-order valence-electron chi connectivity index (χ1n) is 8.75. The van der Waals surface area contributed by atoms with Crippen LogP contribution in [0.1, 0.15) is 31.7 Å². The maximum absolute atomic E-state index is 12.8. The Morgan fingerprint density at radius 2 is 1.88 bits per heavy atom. The molecule has 0 bridgehead atoms. The number of nitrogens with two attached hydrogens (primary N) is 1. The van der Waals surface area contributed by atoms with E-state index in [0.29, 0.717) is 18.1 Å². The predicted octanol–water partition coefficient (Wildman–Crippen LogP) is 2.63. The van der Waals surface area contributed by atoms with E-state index in [1.807, 2.05) is 30.3 Å². The van der Waals surface area contributed by atoms with Gasteiger partial charge >= 0.3 is 0 Å². The summed E-state index contributed by atoms with van der Waals surface area (Å²) in [4.78, 5) is 25.7. The number of amides is 2. The number of thioether (sulfide) groups is 1. The lowest BCUT2D eigenvalue weighted by atomic mass is 10.1. The van der Waals surface area contributed by atoms with Gasteiger partial charge in [-0.1, -0.05) is 30.8 Å². The quantitative estimate of drug-likeness (QED) is 0.566. The van der Waals surface area contributed by atoms with Gasteiger partial charge in [0.05, 0.1) is 10.8 Å². The van der Waals surface area contributed by atoms with Crippen LogP contribution in [-0.4, -0.2) is 35.6 Å². The first kappa shape index (κ1) is 19.9. The number of piperidine rings is 1. The Kier molecular flexibility index (Phi) is 7.54. The molecule has 1 heterocycles. The fourth-order valence-corrected chi connectivity index (χ4v) is 3.47. The highest BCUT2D eigenvalue weighted by atomic mass is 32.2. The maximum atomic E-state index is 12.8. The smallest absolute Gasteiger partial charge is 0.267 e. The number of rotatable bonds is 7. The topological polar surface area (TPSA) is 99.2 Å². The van der Waals surface area contributed by atoms with Crippen molar-refractivity contribution < 1.29 is 9.59 Å². The van der Waals surface area contributed by atoms with E-state index in [-0.39, 0.29) is 17.2 Å². The zero-order valence-corrected chi connectivity index (χ0v) is 15.8. The first-order valence-corrected chi connectivity index (χ1v) is 9.74. The molecular weight excluding hydrogens is 348 g/mol. The van der Waals surface area contributed by atoms with Crippen LogP contribution in [-0.2, 0) is 16.0 Å². The summed E-state index contributed by atoms with van der Waals surface area (Å²) in [7, 11) is 0. The van der Waals surface area contributed by atoms with Crippen molar-refractivity contribution in [2.45, 2.75) is 32.6 Å². The van der Waals surface area contributed by atoms with Crippen LogP contribution in [0.15, 0.2) is 34.9 Å². The van der Waals surface area contributed by atoms with Gasteiger partial charge in [0.15, 0.2) is 0 Å².